The molecule has 1 aliphatic rings. The normalized spacial score (nSPS) is 21.5. The summed E-state index contributed by atoms with van der Waals surface area (Å²) in [4.78, 5) is 7.46. The van der Waals surface area contributed by atoms with Gasteiger partial charge in [0.25, 0.3) is 0 Å². The Hall–Kier alpha value is -0.980. The number of alkyl halides is 3. The van der Waals surface area contributed by atoms with Gasteiger partial charge < -0.3 is 10.2 Å². The lowest BCUT2D eigenvalue weighted by molar-refractivity contribution is -0.181. The summed E-state index contributed by atoms with van der Waals surface area (Å²) in [7, 11) is 3.42. The Labute approximate surface area is 99.5 Å². The minimum Gasteiger partial charge on any atom is -0.359 e. The van der Waals surface area contributed by atoms with Gasteiger partial charge in [0.05, 0.1) is 0 Å². The molecule has 4 nitrogen and oxygen atoms in total. The second-order valence-corrected chi connectivity index (χ2v) is 4.04. The van der Waals surface area contributed by atoms with Crippen LogP contribution in [-0.2, 0) is 0 Å². The maximum Gasteiger partial charge on any atom is 0.403 e. The zero-order valence-corrected chi connectivity index (χ0v) is 10.4. The number of halogens is 3. The molecule has 1 aliphatic heterocycles. The van der Waals surface area contributed by atoms with Gasteiger partial charge >= 0.3 is 6.18 Å². The van der Waals surface area contributed by atoms with E-state index in [2.05, 4.69) is 10.3 Å². The smallest absolute Gasteiger partial charge is 0.359 e. The summed E-state index contributed by atoms with van der Waals surface area (Å²) in [6, 6.07) is -1.37. The topological polar surface area (TPSA) is 30.9 Å². The highest BCUT2D eigenvalue weighted by Crippen LogP contribution is 2.25. The van der Waals surface area contributed by atoms with E-state index in [0.29, 0.717) is 26.2 Å². The first kappa shape index (κ1) is 14.1. The van der Waals surface area contributed by atoms with Gasteiger partial charge in [0.1, 0.15) is 6.04 Å². The van der Waals surface area contributed by atoms with Crippen LogP contribution in [0.3, 0.4) is 0 Å². The standard InChI is InChI=1S/C10H19F3N4/c1-8(10(11,12)13)16-4-6-17(7-5-16)9(14-2)15-3/h8H,4-7H2,1-3H3,(H,14,15). The van der Waals surface area contributed by atoms with E-state index in [0.717, 1.165) is 5.96 Å². The lowest BCUT2D eigenvalue weighted by Gasteiger charge is -2.39. The van der Waals surface area contributed by atoms with E-state index in [-0.39, 0.29) is 0 Å². The summed E-state index contributed by atoms with van der Waals surface area (Å²) in [6.07, 6.45) is -4.15. The van der Waals surface area contributed by atoms with Crippen molar-refractivity contribution in [1.82, 2.24) is 15.1 Å². The Morgan fingerprint density at radius 2 is 1.76 bits per heavy atom. The molecule has 0 amide bonds. The number of piperazine rings is 1. The highest BCUT2D eigenvalue weighted by molar-refractivity contribution is 5.79. The third-order valence-corrected chi connectivity index (χ3v) is 3.07. The molecule has 1 fully saturated rings. The highest BCUT2D eigenvalue weighted by Gasteiger charge is 2.40. The third-order valence-electron chi connectivity index (χ3n) is 3.07. The van der Waals surface area contributed by atoms with Crippen molar-refractivity contribution in [2.45, 2.75) is 19.1 Å². The molecule has 0 aromatic carbocycles. The molecule has 100 valence electrons. The van der Waals surface area contributed by atoms with E-state index in [1.165, 1.54) is 11.8 Å². The maximum atomic E-state index is 12.5. The quantitative estimate of drug-likeness (QED) is 0.552. The lowest BCUT2D eigenvalue weighted by atomic mass is 10.2. The molecule has 1 rings (SSSR count). The van der Waals surface area contributed by atoms with E-state index >= 15 is 0 Å². The van der Waals surface area contributed by atoms with Crippen LogP contribution in [-0.4, -0.2) is 68.3 Å². The number of hydrogen-bond acceptors (Lipinski definition) is 2. The average Bonchev–Trinajstić information content (AvgIpc) is 2.29. The summed E-state index contributed by atoms with van der Waals surface area (Å²) in [5.41, 5.74) is 0. The molecule has 0 aliphatic carbocycles. The van der Waals surface area contributed by atoms with Crippen LogP contribution in [0.5, 0.6) is 0 Å². The van der Waals surface area contributed by atoms with E-state index < -0.39 is 12.2 Å². The first-order valence-corrected chi connectivity index (χ1v) is 5.60. The van der Waals surface area contributed by atoms with Crippen molar-refractivity contribution >= 4 is 5.96 Å². The number of nitrogens with one attached hydrogen (secondary N) is 1. The van der Waals surface area contributed by atoms with Gasteiger partial charge in [-0.1, -0.05) is 0 Å². The molecule has 1 saturated heterocycles. The Kier molecular flexibility index (Phi) is 4.62. The van der Waals surface area contributed by atoms with Crippen LogP contribution in [0.4, 0.5) is 13.2 Å². The highest BCUT2D eigenvalue weighted by atomic mass is 19.4. The molecule has 0 aromatic rings. The molecular formula is C10H19F3N4. The predicted octanol–water partition coefficient (Wildman–Crippen LogP) is 0.760. The third kappa shape index (κ3) is 3.49. The van der Waals surface area contributed by atoms with Crippen LogP contribution in [0, 0.1) is 0 Å². The van der Waals surface area contributed by atoms with Gasteiger partial charge in [-0.2, -0.15) is 13.2 Å². The van der Waals surface area contributed by atoms with Crippen molar-refractivity contribution in [2.24, 2.45) is 4.99 Å². The van der Waals surface area contributed by atoms with Crippen LogP contribution < -0.4 is 5.32 Å². The van der Waals surface area contributed by atoms with Gasteiger partial charge in [0, 0.05) is 40.3 Å². The number of guanidine groups is 1. The second kappa shape index (κ2) is 5.57. The van der Waals surface area contributed by atoms with E-state index in [1.54, 1.807) is 14.1 Å². The van der Waals surface area contributed by atoms with Crippen molar-refractivity contribution in [3.63, 3.8) is 0 Å². The summed E-state index contributed by atoms with van der Waals surface area (Å²) >= 11 is 0. The molecule has 1 heterocycles. The summed E-state index contributed by atoms with van der Waals surface area (Å²) in [5, 5.41) is 2.93. The fourth-order valence-electron chi connectivity index (χ4n) is 1.94. The number of nitrogens with zero attached hydrogens (tertiary/aromatic N) is 3. The van der Waals surface area contributed by atoms with E-state index in [9.17, 15) is 13.2 Å². The molecule has 7 heteroatoms. The van der Waals surface area contributed by atoms with Crippen molar-refractivity contribution < 1.29 is 13.2 Å². The summed E-state index contributed by atoms with van der Waals surface area (Å²) in [5.74, 6) is 0.726. The number of rotatable bonds is 1. The van der Waals surface area contributed by atoms with Crippen molar-refractivity contribution in [1.29, 1.82) is 0 Å². The van der Waals surface area contributed by atoms with Gasteiger partial charge in [0.15, 0.2) is 5.96 Å². The Morgan fingerprint density at radius 3 is 2.12 bits per heavy atom. The summed E-state index contributed by atoms with van der Waals surface area (Å²) < 4.78 is 37.6. The van der Waals surface area contributed by atoms with Gasteiger partial charge in [-0.25, -0.2) is 0 Å². The maximum absolute atomic E-state index is 12.5. The van der Waals surface area contributed by atoms with Crippen LogP contribution in [0.2, 0.25) is 0 Å². The largest absolute Gasteiger partial charge is 0.403 e. The molecule has 0 bridgehead atoms. The molecule has 1 atom stereocenters. The fraction of sp³-hybridized carbons (Fsp3) is 0.900. The predicted molar refractivity (Wildman–Crippen MR) is 61.1 cm³/mol. The van der Waals surface area contributed by atoms with Crippen LogP contribution >= 0.6 is 0 Å². The first-order valence-electron chi connectivity index (χ1n) is 5.60. The molecule has 0 spiro atoms. The number of hydrogen-bond donors (Lipinski definition) is 1. The minimum absolute atomic E-state index is 0.404. The number of aliphatic imine (C=N–C) groups is 1. The van der Waals surface area contributed by atoms with Crippen LogP contribution in [0.15, 0.2) is 4.99 Å². The molecular weight excluding hydrogens is 233 g/mol. The van der Waals surface area contributed by atoms with Crippen molar-refractivity contribution in [3.05, 3.63) is 0 Å². The van der Waals surface area contributed by atoms with Gasteiger partial charge in [-0.3, -0.25) is 9.89 Å². The SMILES string of the molecule is CN=C(NC)N1CCN(C(C)C(F)(F)F)CC1. The monoisotopic (exact) mass is 252 g/mol. The molecule has 1 unspecified atom stereocenters. The van der Waals surface area contributed by atoms with Gasteiger partial charge in [-0.05, 0) is 6.92 Å². The van der Waals surface area contributed by atoms with E-state index in [4.69, 9.17) is 0 Å². The molecule has 17 heavy (non-hydrogen) atoms. The summed E-state index contributed by atoms with van der Waals surface area (Å²) in [6.45, 7) is 3.15. The second-order valence-electron chi connectivity index (χ2n) is 4.04. The molecule has 0 aromatic heterocycles. The molecule has 0 saturated carbocycles. The van der Waals surface area contributed by atoms with E-state index in [1.807, 2.05) is 4.90 Å². The van der Waals surface area contributed by atoms with Crippen molar-refractivity contribution in [3.8, 4) is 0 Å². The average molecular weight is 252 g/mol. The first-order chi connectivity index (χ1) is 7.90. The fourth-order valence-corrected chi connectivity index (χ4v) is 1.94. The Morgan fingerprint density at radius 1 is 1.24 bits per heavy atom. The lowest BCUT2D eigenvalue weighted by Crippen LogP contribution is -2.56. The molecule has 1 N–H and O–H groups in total. The zero-order valence-electron chi connectivity index (χ0n) is 10.4. The van der Waals surface area contributed by atoms with Gasteiger partial charge in [-0.15, -0.1) is 0 Å². The van der Waals surface area contributed by atoms with Crippen molar-refractivity contribution in [2.75, 3.05) is 40.3 Å². The Balaban J connectivity index is 2.51. The van der Waals surface area contributed by atoms with Crippen LogP contribution in [0.25, 0.3) is 0 Å². The Bertz CT molecular complexity index is 269. The van der Waals surface area contributed by atoms with Crippen LogP contribution in [0.1, 0.15) is 6.92 Å². The minimum atomic E-state index is -4.15. The zero-order chi connectivity index (χ0) is 13.1. The van der Waals surface area contributed by atoms with Gasteiger partial charge in [0.2, 0.25) is 0 Å². The molecule has 0 radical (unpaired) electrons.